The van der Waals surface area contributed by atoms with Crippen LogP contribution in [0, 0.1) is 6.92 Å². The van der Waals surface area contributed by atoms with Crippen LogP contribution in [0.15, 0.2) is 47.4 Å². The van der Waals surface area contributed by atoms with E-state index in [1.807, 2.05) is 25.1 Å². The molecule has 0 saturated heterocycles. The lowest BCUT2D eigenvalue weighted by Gasteiger charge is -2.01. The van der Waals surface area contributed by atoms with E-state index in [9.17, 15) is 8.42 Å². The highest BCUT2D eigenvalue weighted by Crippen LogP contribution is 2.21. The molecule has 0 aliphatic rings. The average molecular weight is 252 g/mol. The molecule has 2 aromatic rings. The Morgan fingerprint density at radius 3 is 2.31 bits per heavy atom. The van der Waals surface area contributed by atoms with E-state index in [0.29, 0.717) is 4.90 Å². The molecular weight excluding hydrogens is 240 g/mol. The van der Waals surface area contributed by atoms with E-state index in [1.54, 1.807) is 24.3 Å². The minimum atomic E-state index is -3.19. The molecule has 0 atom stereocenters. The topological polar surface area (TPSA) is 34.1 Å². The first-order valence-corrected chi connectivity index (χ1v) is 7.38. The van der Waals surface area contributed by atoms with Crippen molar-refractivity contribution in [1.29, 1.82) is 0 Å². The smallest absolute Gasteiger partial charge is 0.183 e. The normalized spacial score (nSPS) is 11.6. The molecule has 0 N–H and O–H groups in total. The highest BCUT2D eigenvalue weighted by Gasteiger charge is 2.15. The Labute approximate surface area is 99.5 Å². The van der Waals surface area contributed by atoms with Crippen LogP contribution < -0.4 is 0 Å². The van der Waals surface area contributed by atoms with Gasteiger partial charge in [0.2, 0.25) is 0 Å². The van der Waals surface area contributed by atoms with Gasteiger partial charge in [0.25, 0.3) is 0 Å². The van der Waals surface area contributed by atoms with Crippen LogP contribution in [0.2, 0.25) is 0 Å². The van der Waals surface area contributed by atoms with Gasteiger partial charge in [-0.3, -0.25) is 0 Å². The van der Waals surface area contributed by atoms with E-state index >= 15 is 0 Å². The molecule has 0 radical (unpaired) electrons. The van der Waals surface area contributed by atoms with Crippen LogP contribution in [-0.2, 0) is 15.6 Å². The molecule has 0 aliphatic carbocycles. The Morgan fingerprint density at radius 1 is 1.06 bits per heavy atom. The maximum Gasteiger partial charge on any atom is 0.183 e. The lowest BCUT2D eigenvalue weighted by molar-refractivity contribution is 0.595. The summed E-state index contributed by atoms with van der Waals surface area (Å²) in [6, 6.07) is 12.4. The molecular formula is C12H12O2S2. The van der Waals surface area contributed by atoms with Gasteiger partial charge >= 0.3 is 0 Å². The predicted molar refractivity (Wildman–Crippen MR) is 66.4 cm³/mol. The fraction of sp³-hybridized carbons (Fsp3) is 0.167. The molecule has 0 fully saturated rings. The third kappa shape index (κ3) is 2.51. The van der Waals surface area contributed by atoms with Gasteiger partial charge in [0.1, 0.15) is 0 Å². The first-order chi connectivity index (χ1) is 7.58. The Balaban J connectivity index is 2.28. The molecule has 2 rings (SSSR count). The molecule has 1 aromatic heterocycles. The quantitative estimate of drug-likeness (QED) is 0.841. The van der Waals surface area contributed by atoms with Crippen molar-refractivity contribution in [2.24, 2.45) is 0 Å². The van der Waals surface area contributed by atoms with Crippen LogP contribution in [0.5, 0.6) is 0 Å². The molecule has 2 nitrogen and oxygen atoms in total. The monoisotopic (exact) mass is 252 g/mol. The molecule has 4 heteroatoms. The van der Waals surface area contributed by atoms with Crippen molar-refractivity contribution in [2.45, 2.75) is 17.6 Å². The van der Waals surface area contributed by atoms with Crippen LogP contribution in [0.1, 0.15) is 9.75 Å². The highest BCUT2D eigenvalue weighted by molar-refractivity contribution is 7.90. The van der Waals surface area contributed by atoms with Crippen LogP contribution >= 0.6 is 11.3 Å². The SMILES string of the molecule is Cc1ccc(CS(=O)(=O)c2ccccc2)s1. The molecule has 16 heavy (non-hydrogen) atoms. The lowest BCUT2D eigenvalue weighted by atomic mass is 10.4. The first kappa shape index (κ1) is 11.4. The van der Waals surface area contributed by atoms with Crippen molar-refractivity contribution in [2.75, 3.05) is 0 Å². The number of sulfone groups is 1. The largest absolute Gasteiger partial charge is 0.223 e. The molecule has 0 saturated carbocycles. The second-order valence-electron chi connectivity index (χ2n) is 3.58. The minimum absolute atomic E-state index is 0.0928. The number of hydrogen-bond donors (Lipinski definition) is 0. The maximum atomic E-state index is 12.0. The summed E-state index contributed by atoms with van der Waals surface area (Å²) in [6.45, 7) is 1.98. The molecule has 1 aromatic carbocycles. The summed E-state index contributed by atoms with van der Waals surface area (Å²) < 4.78 is 24.0. The van der Waals surface area contributed by atoms with Gasteiger partial charge < -0.3 is 0 Å². The summed E-state index contributed by atoms with van der Waals surface area (Å²) in [4.78, 5) is 2.42. The zero-order valence-corrected chi connectivity index (χ0v) is 10.5. The zero-order valence-electron chi connectivity index (χ0n) is 8.88. The van der Waals surface area contributed by atoms with Gasteiger partial charge in [-0.2, -0.15) is 0 Å². The predicted octanol–water partition coefficient (Wildman–Crippen LogP) is 3.03. The summed E-state index contributed by atoms with van der Waals surface area (Å²) in [5.41, 5.74) is 0. The van der Waals surface area contributed by atoms with Gasteiger partial charge in [-0.15, -0.1) is 11.3 Å². The van der Waals surface area contributed by atoms with Crippen molar-refractivity contribution in [3.63, 3.8) is 0 Å². The Bertz CT molecular complexity index is 568. The summed E-state index contributed by atoms with van der Waals surface area (Å²) in [6.07, 6.45) is 0. The summed E-state index contributed by atoms with van der Waals surface area (Å²) in [7, 11) is -3.19. The van der Waals surface area contributed by atoms with E-state index in [0.717, 1.165) is 9.75 Å². The van der Waals surface area contributed by atoms with Crippen LogP contribution in [0.4, 0.5) is 0 Å². The summed E-state index contributed by atoms with van der Waals surface area (Å²) in [5.74, 6) is 0.0928. The molecule has 84 valence electrons. The third-order valence-electron chi connectivity index (χ3n) is 2.23. The first-order valence-electron chi connectivity index (χ1n) is 4.91. The summed E-state index contributed by atoms with van der Waals surface area (Å²) >= 11 is 1.53. The van der Waals surface area contributed by atoms with Gasteiger partial charge in [0.05, 0.1) is 10.6 Å². The van der Waals surface area contributed by atoms with Crippen LogP contribution in [0.3, 0.4) is 0 Å². The van der Waals surface area contributed by atoms with Crippen molar-refractivity contribution < 1.29 is 8.42 Å². The average Bonchev–Trinajstić information content (AvgIpc) is 2.64. The molecule has 0 amide bonds. The van der Waals surface area contributed by atoms with E-state index in [-0.39, 0.29) is 5.75 Å². The fourth-order valence-electron chi connectivity index (χ4n) is 1.46. The number of thiophene rings is 1. The van der Waals surface area contributed by atoms with Crippen molar-refractivity contribution in [3.8, 4) is 0 Å². The van der Waals surface area contributed by atoms with E-state index in [4.69, 9.17) is 0 Å². The van der Waals surface area contributed by atoms with E-state index < -0.39 is 9.84 Å². The van der Waals surface area contributed by atoms with Gasteiger partial charge in [-0.25, -0.2) is 8.42 Å². The second-order valence-corrected chi connectivity index (χ2v) is 6.95. The number of hydrogen-bond acceptors (Lipinski definition) is 3. The maximum absolute atomic E-state index is 12.0. The number of aryl methyl sites for hydroxylation is 1. The van der Waals surface area contributed by atoms with Crippen molar-refractivity contribution in [1.82, 2.24) is 0 Å². The van der Waals surface area contributed by atoms with Crippen molar-refractivity contribution >= 4 is 21.2 Å². The Morgan fingerprint density at radius 2 is 1.75 bits per heavy atom. The third-order valence-corrected chi connectivity index (χ3v) is 5.10. The van der Waals surface area contributed by atoms with Crippen LogP contribution in [-0.4, -0.2) is 8.42 Å². The molecule has 0 spiro atoms. The van der Waals surface area contributed by atoms with Crippen molar-refractivity contribution in [3.05, 3.63) is 52.2 Å². The van der Waals surface area contributed by atoms with Gasteiger partial charge in [0, 0.05) is 9.75 Å². The standard InChI is InChI=1S/C12H12O2S2/c1-10-7-8-11(15-10)9-16(13,14)12-5-3-2-4-6-12/h2-8H,9H2,1H3. The number of benzene rings is 1. The van der Waals surface area contributed by atoms with Gasteiger partial charge in [0.15, 0.2) is 9.84 Å². The second kappa shape index (κ2) is 4.39. The zero-order chi connectivity index (χ0) is 11.6. The molecule has 0 bridgehead atoms. The Hall–Kier alpha value is -1.13. The van der Waals surface area contributed by atoms with Crippen LogP contribution in [0.25, 0.3) is 0 Å². The molecule has 0 unspecified atom stereocenters. The minimum Gasteiger partial charge on any atom is -0.223 e. The van der Waals surface area contributed by atoms with E-state index in [2.05, 4.69) is 0 Å². The number of rotatable bonds is 3. The fourth-order valence-corrected chi connectivity index (χ4v) is 4.06. The van der Waals surface area contributed by atoms with Gasteiger partial charge in [-0.05, 0) is 31.2 Å². The highest BCUT2D eigenvalue weighted by atomic mass is 32.2. The molecule has 1 heterocycles. The lowest BCUT2D eigenvalue weighted by Crippen LogP contribution is -2.03. The van der Waals surface area contributed by atoms with Gasteiger partial charge in [-0.1, -0.05) is 18.2 Å². The summed E-state index contributed by atoms with van der Waals surface area (Å²) in [5, 5.41) is 0. The molecule has 0 aliphatic heterocycles. The van der Waals surface area contributed by atoms with E-state index in [1.165, 1.54) is 11.3 Å². The Kier molecular flexibility index (Phi) is 3.12.